The third kappa shape index (κ3) is 3.05. The van der Waals surface area contributed by atoms with Crippen LogP contribution in [-0.2, 0) is 9.53 Å². The molecule has 0 aliphatic heterocycles. The van der Waals surface area contributed by atoms with Crippen molar-refractivity contribution < 1.29 is 9.53 Å². The van der Waals surface area contributed by atoms with Crippen molar-refractivity contribution in [3.63, 3.8) is 0 Å². The van der Waals surface area contributed by atoms with Gasteiger partial charge in [-0.1, -0.05) is 24.3 Å². The van der Waals surface area contributed by atoms with Crippen molar-refractivity contribution in [2.45, 2.75) is 13.8 Å². The molecular formula is C12H14O2. The monoisotopic (exact) mass is 190 g/mol. The molecule has 0 fully saturated rings. The molecule has 2 heteroatoms. The Kier molecular flexibility index (Phi) is 3.92. The molecule has 0 atom stereocenters. The van der Waals surface area contributed by atoms with Crippen molar-refractivity contribution in [2.75, 3.05) is 6.61 Å². The van der Waals surface area contributed by atoms with Crippen LogP contribution in [0.3, 0.4) is 0 Å². The molecule has 0 spiro atoms. The number of aryl methyl sites for hydroxylation is 1. The summed E-state index contributed by atoms with van der Waals surface area (Å²) in [7, 11) is 0. The van der Waals surface area contributed by atoms with E-state index in [1.54, 1.807) is 13.0 Å². The van der Waals surface area contributed by atoms with Gasteiger partial charge in [0.15, 0.2) is 0 Å². The van der Waals surface area contributed by atoms with Crippen LogP contribution in [0.4, 0.5) is 0 Å². The normalized spacial score (nSPS) is 10.4. The zero-order valence-electron chi connectivity index (χ0n) is 8.49. The maximum Gasteiger partial charge on any atom is 0.330 e. The standard InChI is InChI=1S/C12H14O2/c1-3-14-12(13)9-8-11-7-5-4-6-10(11)2/h4-9H,3H2,1-2H3/b9-8+. The minimum absolute atomic E-state index is 0.296. The molecule has 0 radical (unpaired) electrons. The van der Waals surface area contributed by atoms with Gasteiger partial charge >= 0.3 is 5.97 Å². The summed E-state index contributed by atoms with van der Waals surface area (Å²) in [6.45, 7) is 4.21. The van der Waals surface area contributed by atoms with E-state index in [0.717, 1.165) is 11.1 Å². The highest BCUT2D eigenvalue weighted by Crippen LogP contribution is 2.08. The molecule has 0 unspecified atom stereocenters. The summed E-state index contributed by atoms with van der Waals surface area (Å²) in [6, 6.07) is 7.88. The summed E-state index contributed by atoms with van der Waals surface area (Å²) in [5.74, 6) is -0.296. The first kappa shape index (κ1) is 10.5. The Morgan fingerprint density at radius 2 is 2.14 bits per heavy atom. The van der Waals surface area contributed by atoms with Gasteiger partial charge in [-0.05, 0) is 31.1 Å². The van der Waals surface area contributed by atoms with E-state index in [9.17, 15) is 4.79 Å². The molecule has 0 saturated heterocycles. The zero-order chi connectivity index (χ0) is 10.4. The Hall–Kier alpha value is -1.57. The molecule has 0 saturated carbocycles. The van der Waals surface area contributed by atoms with Crippen molar-refractivity contribution >= 4 is 12.0 Å². The fourth-order valence-electron chi connectivity index (χ4n) is 1.12. The molecule has 0 aliphatic rings. The van der Waals surface area contributed by atoms with Crippen LogP contribution >= 0.6 is 0 Å². The number of carbonyl (C=O) groups is 1. The highest BCUT2D eigenvalue weighted by Gasteiger charge is 1.95. The van der Waals surface area contributed by atoms with Gasteiger partial charge in [0.1, 0.15) is 0 Å². The maximum atomic E-state index is 11.0. The number of hydrogen-bond donors (Lipinski definition) is 0. The van der Waals surface area contributed by atoms with Crippen molar-refractivity contribution in [2.24, 2.45) is 0 Å². The van der Waals surface area contributed by atoms with E-state index in [4.69, 9.17) is 4.74 Å². The summed E-state index contributed by atoms with van der Waals surface area (Å²) in [5.41, 5.74) is 2.19. The van der Waals surface area contributed by atoms with E-state index < -0.39 is 0 Å². The van der Waals surface area contributed by atoms with Gasteiger partial charge in [0.25, 0.3) is 0 Å². The van der Waals surface area contributed by atoms with Crippen LogP contribution in [0.15, 0.2) is 30.3 Å². The lowest BCUT2D eigenvalue weighted by Gasteiger charge is -1.98. The number of ether oxygens (including phenoxy) is 1. The predicted octanol–water partition coefficient (Wildman–Crippen LogP) is 2.57. The summed E-state index contributed by atoms with van der Waals surface area (Å²) in [5, 5.41) is 0. The van der Waals surface area contributed by atoms with Gasteiger partial charge in [-0.25, -0.2) is 4.79 Å². The topological polar surface area (TPSA) is 26.3 Å². The van der Waals surface area contributed by atoms with E-state index in [-0.39, 0.29) is 5.97 Å². The lowest BCUT2D eigenvalue weighted by atomic mass is 10.1. The molecular weight excluding hydrogens is 176 g/mol. The summed E-state index contributed by atoms with van der Waals surface area (Å²) < 4.78 is 4.78. The smallest absolute Gasteiger partial charge is 0.330 e. The summed E-state index contributed by atoms with van der Waals surface area (Å²) >= 11 is 0. The lowest BCUT2D eigenvalue weighted by molar-refractivity contribution is -0.137. The second-order valence-electron chi connectivity index (χ2n) is 2.94. The van der Waals surface area contributed by atoms with Gasteiger partial charge in [0.2, 0.25) is 0 Å². The van der Waals surface area contributed by atoms with E-state index in [1.807, 2.05) is 31.2 Å². The molecule has 1 aromatic carbocycles. The number of carbonyl (C=O) groups excluding carboxylic acids is 1. The van der Waals surface area contributed by atoms with Gasteiger partial charge < -0.3 is 4.74 Å². The Balaban J connectivity index is 2.69. The van der Waals surface area contributed by atoms with Gasteiger partial charge in [-0.15, -0.1) is 0 Å². The number of esters is 1. The summed E-state index contributed by atoms with van der Waals surface area (Å²) in [6.07, 6.45) is 3.22. The lowest BCUT2D eigenvalue weighted by Crippen LogP contribution is -1.98. The van der Waals surface area contributed by atoms with Crippen LogP contribution in [-0.4, -0.2) is 12.6 Å². The number of benzene rings is 1. The van der Waals surface area contributed by atoms with E-state index >= 15 is 0 Å². The van der Waals surface area contributed by atoms with Crippen LogP contribution in [0.2, 0.25) is 0 Å². The number of rotatable bonds is 3. The van der Waals surface area contributed by atoms with Crippen LogP contribution in [0.1, 0.15) is 18.1 Å². The minimum Gasteiger partial charge on any atom is -0.463 e. The molecule has 74 valence electrons. The van der Waals surface area contributed by atoms with E-state index in [1.165, 1.54) is 6.08 Å². The molecule has 0 bridgehead atoms. The molecule has 0 aliphatic carbocycles. The van der Waals surface area contributed by atoms with Gasteiger partial charge in [0.05, 0.1) is 6.61 Å². The Labute approximate surface area is 84.2 Å². The molecule has 0 aromatic heterocycles. The third-order valence-electron chi connectivity index (χ3n) is 1.87. The highest BCUT2D eigenvalue weighted by atomic mass is 16.5. The summed E-state index contributed by atoms with van der Waals surface area (Å²) in [4.78, 5) is 11.0. The van der Waals surface area contributed by atoms with E-state index in [2.05, 4.69) is 0 Å². The average Bonchev–Trinajstić information content (AvgIpc) is 2.17. The molecule has 1 aromatic rings. The Morgan fingerprint density at radius 1 is 1.43 bits per heavy atom. The van der Waals surface area contributed by atoms with Crippen LogP contribution in [0, 0.1) is 6.92 Å². The molecule has 0 N–H and O–H groups in total. The molecule has 1 rings (SSSR count). The van der Waals surface area contributed by atoms with Gasteiger partial charge in [0, 0.05) is 6.08 Å². The first-order chi connectivity index (χ1) is 6.74. The fraction of sp³-hybridized carbons (Fsp3) is 0.250. The molecule has 14 heavy (non-hydrogen) atoms. The van der Waals surface area contributed by atoms with Crippen LogP contribution < -0.4 is 0 Å². The first-order valence-corrected chi connectivity index (χ1v) is 4.64. The molecule has 2 nitrogen and oxygen atoms in total. The average molecular weight is 190 g/mol. The maximum absolute atomic E-state index is 11.0. The first-order valence-electron chi connectivity index (χ1n) is 4.64. The van der Waals surface area contributed by atoms with Crippen molar-refractivity contribution in [1.82, 2.24) is 0 Å². The molecule has 0 heterocycles. The number of hydrogen-bond acceptors (Lipinski definition) is 2. The van der Waals surface area contributed by atoms with Crippen LogP contribution in [0.5, 0.6) is 0 Å². The second kappa shape index (κ2) is 5.22. The van der Waals surface area contributed by atoms with Crippen molar-refractivity contribution in [3.8, 4) is 0 Å². The van der Waals surface area contributed by atoms with E-state index in [0.29, 0.717) is 6.61 Å². The van der Waals surface area contributed by atoms with Gasteiger partial charge in [-0.2, -0.15) is 0 Å². The Bertz CT molecular complexity index is 340. The van der Waals surface area contributed by atoms with Gasteiger partial charge in [-0.3, -0.25) is 0 Å². The zero-order valence-corrected chi connectivity index (χ0v) is 8.49. The quantitative estimate of drug-likeness (QED) is 0.541. The predicted molar refractivity (Wildman–Crippen MR) is 56.8 cm³/mol. The van der Waals surface area contributed by atoms with Crippen molar-refractivity contribution in [3.05, 3.63) is 41.5 Å². The highest BCUT2D eigenvalue weighted by molar-refractivity contribution is 5.87. The second-order valence-corrected chi connectivity index (χ2v) is 2.94. The third-order valence-corrected chi connectivity index (χ3v) is 1.87. The Morgan fingerprint density at radius 3 is 2.79 bits per heavy atom. The fourth-order valence-corrected chi connectivity index (χ4v) is 1.12. The largest absolute Gasteiger partial charge is 0.463 e. The van der Waals surface area contributed by atoms with Crippen LogP contribution in [0.25, 0.3) is 6.08 Å². The van der Waals surface area contributed by atoms with Crippen molar-refractivity contribution in [1.29, 1.82) is 0 Å². The SMILES string of the molecule is CCOC(=O)/C=C/c1ccccc1C. The molecule has 0 amide bonds. The minimum atomic E-state index is -0.296.